The molecule has 1 aliphatic rings. The molecule has 6 nitrogen and oxygen atoms in total. The molecule has 6 heteroatoms. The standard InChI is InChI=1S/C16H20N4O2/c1-18-12-13(11-17-18)16(21)20-9-7-19(8-10-20)14-3-5-15(22-2)6-4-14/h3-6,11-12H,7-10H2,1-2H3. The SMILES string of the molecule is COc1ccc(N2CCN(C(=O)c3cnn(C)c3)CC2)cc1. The molecule has 0 saturated carbocycles. The Morgan fingerprint density at radius 3 is 2.36 bits per heavy atom. The van der Waals surface area contributed by atoms with Gasteiger partial charge >= 0.3 is 0 Å². The van der Waals surface area contributed by atoms with Crippen molar-refractivity contribution in [3.63, 3.8) is 0 Å². The van der Waals surface area contributed by atoms with Gasteiger partial charge in [0.2, 0.25) is 0 Å². The predicted molar refractivity (Wildman–Crippen MR) is 84.3 cm³/mol. The molecule has 1 amide bonds. The normalized spacial score (nSPS) is 15.0. The van der Waals surface area contributed by atoms with E-state index in [0.717, 1.165) is 37.6 Å². The number of hydrogen-bond donors (Lipinski definition) is 0. The van der Waals surface area contributed by atoms with Gasteiger partial charge in [-0.05, 0) is 24.3 Å². The van der Waals surface area contributed by atoms with Gasteiger partial charge in [0.15, 0.2) is 0 Å². The van der Waals surface area contributed by atoms with Gasteiger partial charge < -0.3 is 14.5 Å². The van der Waals surface area contributed by atoms with Crippen molar-refractivity contribution in [2.45, 2.75) is 0 Å². The molecule has 3 rings (SSSR count). The first-order chi connectivity index (χ1) is 10.7. The number of carbonyl (C=O) groups excluding carboxylic acids is 1. The molecule has 2 aromatic rings. The van der Waals surface area contributed by atoms with Crippen molar-refractivity contribution in [2.24, 2.45) is 7.05 Å². The highest BCUT2D eigenvalue weighted by Crippen LogP contribution is 2.20. The van der Waals surface area contributed by atoms with Crippen LogP contribution in [-0.2, 0) is 7.05 Å². The van der Waals surface area contributed by atoms with Gasteiger partial charge in [-0.15, -0.1) is 0 Å². The summed E-state index contributed by atoms with van der Waals surface area (Å²) in [5.74, 6) is 0.914. The summed E-state index contributed by atoms with van der Waals surface area (Å²) in [5, 5.41) is 4.06. The summed E-state index contributed by atoms with van der Waals surface area (Å²) in [4.78, 5) is 16.5. The Kier molecular flexibility index (Phi) is 4.00. The lowest BCUT2D eigenvalue weighted by atomic mass is 10.2. The highest BCUT2D eigenvalue weighted by molar-refractivity contribution is 5.93. The van der Waals surface area contributed by atoms with E-state index in [0.29, 0.717) is 5.56 Å². The summed E-state index contributed by atoms with van der Waals surface area (Å²) in [6, 6.07) is 8.03. The first-order valence-corrected chi connectivity index (χ1v) is 7.34. The van der Waals surface area contributed by atoms with Crippen molar-refractivity contribution in [3.05, 3.63) is 42.2 Å². The average molecular weight is 300 g/mol. The van der Waals surface area contributed by atoms with Gasteiger partial charge in [0.05, 0.1) is 18.9 Å². The van der Waals surface area contributed by atoms with Crippen LogP contribution in [0.25, 0.3) is 0 Å². The number of nitrogens with zero attached hydrogens (tertiary/aromatic N) is 4. The molecule has 22 heavy (non-hydrogen) atoms. The van der Waals surface area contributed by atoms with Crippen molar-refractivity contribution in [3.8, 4) is 5.75 Å². The molecule has 1 aliphatic heterocycles. The van der Waals surface area contributed by atoms with Crippen molar-refractivity contribution in [1.29, 1.82) is 0 Å². The van der Waals surface area contributed by atoms with Crippen LogP contribution in [-0.4, -0.2) is 53.9 Å². The number of aryl methyl sites for hydroxylation is 1. The third-order valence-corrected chi connectivity index (χ3v) is 3.96. The van der Waals surface area contributed by atoms with E-state index in [2.05, 4.69) is 22.1 Å². The van der Waals surface area contributed by atoms with Crippen molar-refractivity contribution < 1.29 is 9.53 Å². The van der Waals surface area contributed by atoms with E-state index in [4.69, 9.17) is 4.74 Å². The van der Waals surface area contributed by atoms with Gasteiger partial charge in [-0.25, -0.2) is 0 Å². The van der Waals surface area contributed by atoms with E-state index in [1.165, 1.54) is 0 Å². The number of piperazine rings is 1. The van der Waals surface area contributed by atoms with Crippen LogP contribution in [0.2, 0.25) is 0 Å². The maximum atomic E-state index is 12.4. The average Bonchev–Trinajstić information content (AvgIpc) is 3.01. The molecule has 1 saturated heterocycles. The zero-order valence-corrected chi connectivity index (χ0v) is 12.9. The summed E-state index contributed by atoms with van der Waals surface area (Å²) in [6.07, 6.45) is 3.39. The van der Waals surface area contributed by atoms with Gasteiger partial charge in [0.25, 0.3) is 5.91 Å². The molecular formula is C16H20N4O2. The van der Waals surface area contributed by atoms with Crippen molar-refractivity contribution >= 4 is 11.6 Å². The summed E-state index contributed by atoms with van der Waals surface area (Å²) in [7, 11) is 3.48. The second kappa shape index (κ2) is 6.09. The molecule has 0 unspecified atom stereocenters. The zero-order chi connectivity index (χ0) is 15.5. The second-order valence-electron chi connectivity index (χ2n) is 5.38. The fourth-order valence-corrected chi connectivity index (χ4v) is 2.68. The molecule has 0 spiro atoms. The van der Waals surface area contributed by atoms with Crippen LogP contribution in [0.5, 0.6) is 5.75 Å². The summed E-state index contributed by atoms with van der Waals surface area (Å²) < 4.78 is 6.83. The minimum absolute atomic E-state index is 0.0579. The monoisotopic (exact) mass is 300 g/mol. The third-order valence-electron chi connectivity index (χ3n) is 3.96. The maximum absolute atomic E-state index is 12.4. The number of aromatic nitrogens is 2. The first kappa shape index (κ1) is 14.4. The number of rotatable bonds is 3. The van der Waals surface area contributed by atoms with Crippen molar-refractivity contribution in [1.82, 2.24) is 14.7 Å². The molecule has 116 valence electrons. The number of methoxy groups -OCH3 is 1. The number of carbonyl (C=O) groups is 1. The van der Waals surface area contributed by atoms with E-state index >= 15 is 0 Å². The van der Waals surface area contributed by atoms with Gasteiger partial charge in [-0.1, -0.05) is 0 Å². The molecule has 1 aromatic heterocycles. The fraction of sp³-hybridized carbons (Fsp3) is 0.375. The first-order valence-electron chi connectivity index (χ1n) is 7.34. The Balaban J connectivity index is 1.61. The van der Waals surface area contributed by atoms with E-state index in [1.54, 1.807) is 24.2 Å². The Hall–Kier alpha value is -2.50. The van der Waals surface area contributed by atoms with Crippen LogP contribution in [0.1, 0.15) is 10.4 Å². The number of ether oxygens (including phenoxy) is 1. The highest BCUT2D eigenvalue weighted by Gasteiger charge is 2.23. The van der Waals surface area contributed by atoms with Crippen LogP contribution < -0.4 is 9.64 Å². The second-order valence-corrected chi connectivity index (χ2v) is 5.38. The molecule has 1 fully saturated rings. The summed E-state index contributed by atoms with van der Waals surface area (Å²) in [5.41, 5.74) is 1.81. The Labute approximate surface area is 129 Å². The smallest absolute Gasteiger partial charge is 0.257 e. The van der Waals surface area contributed by atoms with Crippen molar-refractivity contribution in [2.75, 3.05) is 38.2 Å². The van der Waals surface area contributed by atoms with Crippen LogP contribution >= 0.6 is 0 Å². The maximum Gasteiger partial charge on any atom is 0.257 e. The molecular weight excluding hydrogens is 280 g/mol. The molecule has 0 bridgehead atoms. The topological polar surface area (TPSA) is 50.6 Å². The number of hydrogen-bond acceptors (Lipinski definition) is 4. The van der Waals surface area contributed by atoms with E-state index in [9.17, 15) is 4.79 Å². The van der Waals surface area contributed by atoms with E-state index in [1.807, 2.05) is 24.1 Å². The quantitative estimate of drug-likeness (QED) is 0.859. The number of anilines is 1. The Morgan fingerprint density at radius 2 is 1.82 bits per heavy atom. The molecule has 0 atom stereocenters. The van der Waals surface area contributed by atoms with Gasteiger partial charge in [0, 0.05) is 45.1 Å². The largest absolute Gasteiger partial charge is 0.497 e. The van der Waals surface area contributed by atoms with E-state index < -0.39 is 0 Å². The van der Waals surface area contributed by atoms with Crippen LogP contribution in [0.4, 0.5) is 5.69 Å². The van der Waals surface area contributed by atoms with Gasteiger partial charge in [0.1, 0.15) is 5.75 Å². The zero-order valence-electron chi connectivity index (χ0n) is 12.9. The lowest BCUT2D eigenvalue weighted by molar-refractivity contribution is 0.0746. The molecule has 0 aliphatic carbocycles. The molecule has 0 radical (unpaired) electrons. The lowest BCUT2D eigenvalue weighted by Crippen LogP contribution is -2.48. The fourth-order valence-electron chi connectivity index (χ4n) is 2.68. The number of benzene rings is 1. The minimum Gasteiger partial charge on any atom is -0.497 e. The minimum atomic E-state index is 0.0579. The molecule has 1 aromatic carbocycles. The lowest BCUT2D eigenvalue weighted by Gasteiger charge is -2.36. The third kappa shape index (κ3) is 2.90. The molecule has 2 heterocycles. The van der Waals surface area contributed by atoms with Crippen LogP contribution in [0, 0.1) is 0 Å². The van der Waals surface area contributed by atoms with Crippen LogP contribution in [0.3, 0.4) is 0 Å². The Morgan fingerprint density at radius 1 is 1.14 bits per heavy atom. The summed E-state index contributed by atoms with van der Waals surface area (Å²) in [6.45, 7) is 3.11. The van der Waals surface area contributed by atoms with E-state index in [-0.39, 0.29) is 5.91 Å². The Bertz CT molecular complexity index is 642. The predicted octanol–water partition coefficient (Wildman–Crippen LogP) is 1.39. The van der Waals surface area contributed by atoms with Gasteiger partial charge in [-0.3, -0.25) is 9.48 Å². The summed E-state index contributed by atoms with van der Waals surface area (Å²) >= 11 is 0. The highest BCUT2D eigenvalue weighted by atomic mass is 16.5. The molecule has 0 N–H and O–H groups in total. The van der Waals surface area contributed by atoms with Gasteiger partial charge in [-0.2, -0.15) is 5.10 Å². The number of amides is 1. The van der Waals surface area contributed by atoms with Crippen LogP contribution in [0.15, 0.2) is 36.7 Å².